The van der Waals surface area contributed by atoms with Gasteiger partial charge in [-0.15, -0.1) is 0 Å². The predicted molar refractivity (Wildman–Crippen MR) is 77.8 cm³/mol. The number of hydrogen-bond acceptors (Lipinski definition) is 3. The lowest BCUT2D eigenvalue weighted by atomic mass is 9.73. The van der Waals surface area contributed by atoms with Crippen LogP contribution in [-0.2, 0) is 16.6 Å². The van der Waals surface area contributed by atoms with Crippen molar-refractivity contribution in [2.45, 2.75) is 44.6 Å². The zero-order valence-corrected chi connectivity index (χ0v) is 12.2. The van der Waals surface area contributed by atoms with Crippen LogP contribution < -0.4 is 10.5 Å². The third kappa shape index (κ3) is 2.93. The molecule has 106 valence electrons. The normalized spacial score (nSPS) is 18.7. The summed E-state index contributed by atoms with van der Waals surface area (Å²) in [5.41, 5.74) is 8.66. The summed E-state index contributed by atoms with van der Waals surface area (Å²) in [5.74, 6) is 0.977. The summed E-state index contributed by atoms with van der Waals surface area (Å²) in [6.07, 6.45) is 3.12. The molecule has 1 fully saturated rings. The molecule has 0 saturated carbocycles. The average molecular weight is 263 g/mol. The molecule has 1 heterocycles. The van der Waals surface area contributed by atoms with Gasteiger partial charge in [0.1, 0.15) is 5.75 Å². The lowest BCUT2D eigenvalue weighted by Gasteiger charge is -2.43. The van der Waals surface area contributed by atoms with Crippen LogP contribution in [-0.4, -0.2) is 26.4 Å². The van der Waals surface area contributed by atoms with E-state index in [1.807, 2.05) is 0 Å². The second-order valence-corrected chi connectivity index (χ2v) is 5.68. The molecule has 3 heteroatoms. The van der Waals surface area contributed by atoms with E-state index in [-0.39, 0.29) is 11.5 Å². The minimum atomic E-state index is 0.101. The molecule has 1 unspecified atom stereocenters. The minimum Gasteiger partial charge on any atom is -0.496 e. The first-order valence-electron chi connectivity index (χ1n) is 7.12. The van der Waals surface area contributed by atoms with Gasteiger partial charge in [0.05, 0.1) is 20.3 Å². The summed E-state index contributed by atoms with van der Waals surface area (Å²) in [5, 5.41) is 0. The first-order valence-corrected chi connectivity index (χ1v) is 7.12. The van der Waals surface area contributed by atoms with Crippen molar-refractivity contribution in [1.29, 1.82) is 0 Å². The van der Waals surface area contributed by atoms with E-state index in [4.69, 9.17) is 15.2 Å². The van der Waals surface area contributed by atoms with Crippen molar-refractivity contribution in [3.8, 4) is 5.75 Å². The summed E-state index contributed by atoms with van der Waals surface area (Å²) >= 11 is 0. The second-order valence-electron chi connectivity index (χ2n) is 5.68. The Labute approximate surface area is 116 Å². The Bertz CT molecular complexity index is 425. The third-order valence-corrected chi connectivity index (χ3v) is 4.08. The fraction of sp³-hybridized carbons (Fsp3) is 0.625. The van der Waals surface area contributed by atoms with Crippen molar-refractivity contribution in [2.24, 2.45) is 5.73 Å². The van der Waals surface area contributed by atoms with Gasteiger partial charge >= 0.3 is 0 Å². The van der Waals surface area contributed by atoms with E-state index in [0.717, 1.165) is 38.2 Å². The van der Waals surface area contributed by atoms with Gasteiger partial charge in [-0.3, -0.25) is 0 Å². The molecule has 0 bridgehead atoms. The standard InChI is InChI=1S/C16H25NO2/c1-4-13-5-6-15(18-3)14(9-13)16(10-19-11-16)8-7-12(2)17/h5-6,9,12H,4,7-8,10-11,17H2,1-3H3. The number of rotatable bonds is 6. The van der Waals surface area contributed by atoms with Gasteiger partial charge in [0.25, 0.3) is 0 Å². The minimum absolute atomic E-state index is 0.101. The van der Waals surface area contributed by atoms with Crippen LogP contribution in [0.5, 0.6) is 5.75 Å². The van der Waals surface area contributed by atoms with Gasteiger partial charge < -0.3 is 15.2 Å². The Balaban J connectivity index is 2.30. The van der Waals surface area contributed by atoms with Gasteiger partial charge in [0.15, 0.2) is 0 Å². The van der Waals surface area contributed by atoms with Crippen molar-refractivity contribution in [1.82, 2.24) is 0 Å². The van der Waals surface area contributed by atoms with E-state index in [2.05, 4.69) is 32.0 Å². The SMILES string of the molecule is CCc1ccc(OC)c(C2(CCC(C)N)COC2)c1. The largest absolute Gasteiger partial charge is 0.496 e. The molecular formula is C16H25NO2. The van der Waals surface area contributed by atoms with E-state index in [0.29, 0.717) is 0 Å². The van der Waals surface area contributed by atoms with Crippen LogP contribution in [0.25, 0.3) is 0 Å². The highest BCUT2D eigenvalue weighted by Gasteiger charge is 2.42. The summed E-state index contributed by atoms with van der Waals surface area (Å²) in [6.45, 7) is 5.80. The van der Waals surface area contributed by atoms with E-state index in [1.54, 1.807) is 7.11 Å². The number of ether oxygens (including phenoxy) is 2. The molecule has 19 heavy (non-hydrogen) atoms. The molecule has 0 aliphatic carbocycles. The average Bonchev–Trinajstić information content (AvgIpc) is 2.37. The predicted octanol–water partition coefficient (Wildman–Crippen LogP) is 2.65. The Morgan fingerprint density at radius 2 is 2.16 bits per heavy atom. The molecule has 1 aliphatic rings. The Hall–Kier alpha value is -1.06. The Kier molecular flexibility index (Phi) is 4.48. The molecule has 0 amide bonds. The van der Waals surface area contributed by atoms with Gasteiger partial charge in [0.2, 0.25) is 0 Å². The molecule has 1 aliphatic heterocycles. The zero-order chi connectivity index (χ0) is 13.9. The van der Waals surface area contributed by atoms with Crippen LogP contribution >= 0.6 is 0 Å². The number of nitrogens with two attached hydrogens (primary N) is 1. The highest BCUT2D eigenvalue weighted by Crippen LogP contribution is 2.42. The molecule has 0 radical (unpaired) electrons. The van der Waals surface area contributed by atoms with Crippen molar-refractivity contribution < 1.29 is 9.47 Å². The van der Waals surface area contributed by atoms with Crippen molar-refractivity contribution in [3.05, 3.63) is 29.3 Å². The maximum Gasteiger partial charge on any atom is 0.122 e. The number of methoxy groups -OCH3 is 1. The van der Waals surface area contributed by atoms with E-state index >= 15 is 0 Å². The zero-order valence-electron chi connectivity index (χ0n) is 12.2. The molecule has 1 aromatic carbocycles. The molecular weight excluding hydrogens is 238 g/mol. The molecule has 1 saturated heterocycles. The molecule has 1 aromatic rings. The van der Waals surface area contributed by atoms with Crippen LogP contribution in [0.1, 0.15) is 37.8 Å². The summed E-state index contributed by atoms with van der Waals surface area (Å²) in [7, 11) is 1.74. The third-order valence-electron chi connectivity index (χ3n) is 4.08. The fourth-order valence-corrected chi connectivity index (χ4v) is 2.68. The van der Waals surface area contributed by atoms with Gasteiger partial charge in [-0.1, -0.05) is 19.1 Å². The van der Waals surface area contributed by atoms with Crippen LogP contribution in [0, 0.1) is 0 Å². The monoisotopic (exact) mass is 263 g/mol. The fourth-order valence-electron chi connectivity index (χ4n) is 2.68. The lowest BCUT2D eigenvalue weighted by Crippen LogP contribution is -2.47. The van der Waals surface area contributed by atoms with Crippen molar-refractivity contribution in [2.75, 3.05) is 20.3 Å². The van der Waals surface area contributed by atoms with Gasteiger partial charge in [-0.05, 0) is 37.8 Å². The first kappa shape index (κ1) is 14.4. The first-order chi connectivity index (χ1) is 9.11. The number of hydrogen-bond donors (Lipinski definition) is 1. The van der Waals surface area contributed by atoms with Crippen LogP contribution in [0.15, 0.2) is 18.2 Å². The Morgan fingerprint density at radius 3 is 2.63 bits per heavy atom. The molecule has 1 atom stereocenters. The number of benzene rings is 1. The quantitative estimate of drug-likeness (QED) is 0.858. The molecule has 2 rings (SSSR count). The maximum atomic E-state index is 5.91. The van der Waals surface area contributed by atoms with E-state index < -0.39 is 0 Å². The van der Waals surface area contributed by atoms with Crippen LogP contribution in [0.3, 0.4) is 0 Å². The van der Waals surface area contributed by atoms with Crippen molar-refractivity contribution >= 4 is 0 Å². The summed E-state index contributed by atoms with van der Waals surface area (Å²) < 4.78 is 11.0. The van der Waals surface area contributed by atoms with E-state index in [9.17, 15) is 0 Å². The van der Waals surface area contributed by atoms with Crippen molar-refractivity contribution in [3.63, 3.8) is 0 Å². The molecule has 3 nitrogen and oxygen atoms in total. The highest BCUT2D eigenvalue weighted by atomic mass is 16.5. The van der Waals surface area contributed by atoms with E-state index in [1.165, 1.54) is 11.1 Å². The van der Waals surface area contributed by atoms with Crippen LogP contribution in [0.2, 0.25) is 0 Å². The van der Waals surface area contributed by atoms with Gasteiger partial charge in [0, 0.05) is 17.0 Å². The second kappa shape index (κ2) is 5.93. The maximum absolute atomic E-state index is 5.91. The summed E-state index contributed by atoms with van der Waals surface area (Å²) in [6, 6.07) is 6.74. The Morgan fingerprint density at radius 1 is 1.42 bits per heavy atom. The molecule has 0 aromatic heterocycles. The molecule has 0 spiro atoms. The van der Waals surface area contributed by atoms with Gasteiger partial charge in [-0.25, -0.2) is 0 Å². The summed E-state index contributed by atoms with van der Waals surface area (Å²) in [4.78, 5) is 0. The number of aryl methyl sites for hydroxylation is 1. The van der Waals surface area contributed by atoms with Crippen LogP contribution in [0.4, 0.5) is 0 Å². The lowest BCUT2D eigenvalue weighted by molar-refractivity contribution is -0.0666. The highest BCUT2D eigenvalue weighted by molar-refractivity contribution is 5.44. The topological polar surface area (TPSA) is 44.5 Å². The van der Waals surface area contributed by atoms with Gasteiger partial charge in [-0.2, -0.15) is 0 Å². The smallest absolute Gasteiger partial charge is 0.122 e. The molecule has 2 N–H and O–H groups in total.